The van der Waals surface area contributed by atoms with Crippen LogP contribution >= 0.6 is 11.6 Å². The second-order valence-corrected chi connectivity index (χ2v) is 5.65. The van der Waals surface area contributed by atoms with Crippen molar-refractivity contribution in [3.63, 3.8) is 0 Å². The highest BCUT2D eigenvalue weighted by atomic mass is 35.5. The fourth-order valence-corrected chi connectivity index (χ4v) is 1.64. The molecule has 0 bridgehead atoms. The van der Waals surface area contributed by atoms with Gasteiger partial charge in [0.15, 0.2) is 5.82 Å². The standard InChI is InChI=1S/C13H16ClN5/c1-13(2,3)10-6-11(19-15)18-12(17-10)9-5-4-8(14)7-16-9/h4-7H,15H2,1-3H3,(H,17,18,19). The topological polar surface area (TPSA) is 76.7 Å². The first-order valence-corrected chi connectivity index (χ1v) is 6.26. The van der Waals surface area contributed by atoms with Crippen molar-refractivity contribution in [2.75, 3.05) is 5.43 Å². The van der Waals surface area contributed by atoms with E-state index in [0.29, 0.717) is 22.4 Å². The number of rotatable bonds is 2. The van der Waals surface area contributed by atoms with Crippen LogP contribution in [0.3, 0.4) is 0 Å². The monoisotopic (exact) mass is 277 g/mol. The second-order valence-electron chi connectivity index (χ2n) is 5.22. The maximum atomic E-state index is 5.83. The molecular weight excluding hydrogens is 262 g/mol. The van der Waals surface area contributed by atoms with Gasteiger partial charge >= 0.3 is 0 Å². The number of nitrogens with two attached hydrogens (primary N) is 1. The van der Waals surface area contributed by atoms with Crippen LogP contribution in [0.2, 0.25) is 5.02 Å². The Morgan fingerprint density at radius 3 is 2.47 bits per heavy atom. The number of nitrogens with zero attached hydrogens (tertiary/aromatic N) is 3. The van der Waals surface area contributed by atoms with E-state index in [1.165, 1.54) is 0 Å². The number of aromatic nitrogens is 3. The zero-order valence-corrected chi connectivity index (χ0v) is 11.9. The summed E-state index contributed by atoms with van der Waals surface area (Å²) in [6.07, 6.45) is 1.57. The minimum Gasteiger partial charge on any atom is -0.308 e. The predicted octanol–water partition coefficient (Wildman–Crippen LogP) is 2.78. The summed E-state index contributed by atoms with van der Waals surface area (Å²) >= 11 is 5.83. The molecule has 0 amide bonds. The van der Waals surface area contributed by atoms with Crippen molar-refractivity contribution >= 4 is 17.4 Å². The predicted molar refractivity (Wildman–Crippen MR) is 76.8 cm³/mol. The molecule has 2 rings (SSSR count). The van der Waals surface area contributed by atoms with Crippen LogP contribution in [-0.4, -0.2) is 15.0 Å². The number of nitrogen functional groups attached to an aromatic ring is 1. The third kappa shape index (κ3) is 3.19. The van der Waals surface area contributed by atoms with Crippen LogP contribution in [-0.2, 0) is 5.41 Å². The van der Waals surface area contributed by atoms with Gasteiger partial charge in [0.25, 0.3) is 0 Å². The molecule has 0 spiro atoms. The average Bonchev–Trinajstić information content (AvgIpc) is 2.38. The lowest BCUT2D eigenvalue weighted by Gasteiger charge is -2.19. The smallest absolute Gasteiger partial charge is 0.180 e. The van der Waals surface area contributed by atoms with Crippen molar-refractivity contribution in [3.8, 4) is 11.5 Å². The van der Waals surface area contributed by atoms with Crippen LogP contribution in [0, 0.1) is 0 Å². The van der Waals surface area contributed by atoms with E-state index in [-0.39, 0.29) is 5.41 Å². The Hall–Kier alpha value is -1.72. The number of hydrazine groups is 1. The summed E-state index contributed by atoms with van der Waals surface area (Å²) in [5, 5.41) is 0.577. The summed E-state index contributed by atoms with van der Waals surface area (Å²) in [7, 11) is 0. The van der Waals surface area contributed by atoms with Crippen molar-refractivity contribution in [3.05, 3.63) is 35.1 Å². The Labute approximate surface area is 117 Å². The van der Waals surface area contributed by atoms with Crippen molar-refractivity contribution < 1.29 is 0 Å². The van der Waals surface area contributed by atoms with Gasteiger partial charge in [-0.3, -0.25) is 4.98 Å². The SMILES string of the molecule is CC(C)(C)c1cc(NN)nc(-c2ccc(Cl)cn2)n1. The number of halogens is 1. The van der Waals surface area contributed by atoms with Gasteiger partial charge in [-0.05, 0) is 12.1 Å². The highest BCUT2D eigenvalue weighted by Crippen LogP contribution is 2.25. The molecule has 0 atom stereocenters. The Morgan fingerprint density at radius 2 is 1.95 bits per heavy atom. The molecule has 0 saturated carbocycles. The molecule has 0 aliphatic carbocycles. The first-order valence-electron chi connectivity index (χ1n) is 5.88. The van der Waals surface area contributed by atoms with Gasteiger partial charge < -0.3 is 5.43 Å². The van der Waals surface area contributed by atoms with Gasteiger partial charge in [0.05, 0.1) is 10.7 Å². The van der Waals surface area contributed by atoms with Crippen LogP contribution in [0.4, 0.5) is 5.82 Å². The summed E-state index contributed by atoms with van der Waals surface area (Å²) in [6.45, 7) is 6.23. The van der Waals surface area contributed by atoms with Crippen LogP contribution in [0.1, 0.15) is 26.5 Å². The minimum absolute atomic E-state index is 0.101. The number of nitrogens with one attached hydrogen (secondary N) is 1. The van der Waals surface area contributed by atoms with E-state index < -0.39 is 0 Å². The highest BCUT2D eigenvalue weighted by Gasteiger charge is 2.18. The van der Waals surface area contributed by atoms with Crippen LogP contribution < -0.4 is 11.3 Å². The largest absolute Gasteiger partial charge is 0.308 e. The van der Waals surface area contributed by atoms with Crippen molar-refractivity contribution in [2.24, 2.45) is 5.84 Å². The number of hydrogen-bond acceptors (Lipinski definition) is 5. The van der Waals surface area contributed by atoms with Gasteiger partial charge in [0.2, 0.25) is 0 Å². The van der Waals surface area contributed by atoms with Gasteiger partial charge in [-0.15, -0.1) is 0 Å². The Kier molecular flexibility index (Phi) is 3.68. The molecular formula is C13H16ClN5. The third-order valence-electron chi connectivity index (χ3n) is 2.60. The molecule has 0 radical (unpaired) electrons. The number of anilines is 1. The van der Waals surface area contributed by atoms with E-state index in [9.17, 15) is 0 Å². The maximum Gasteiger partial charge on any atom is 0.180 e. The molecule has 0 aliphatic heterocycles. The third-order valence-corrected chi connectivity index (χ3v) is 2.82. The molecule has 0 saturated heterocycles. The lowest BCUT2D eigenvalue weighted by atomic mass is 9.92. The summed E-state index contributed by atoms with van der Waals surface area (Å²) in [5.74, 6) is 6.54. The normalized spacial score (nSPS) is 11.4. The lowest BCUT2D eigenvalue weighted by Crippen LogP contribution is -2.17. The van der Waals surface area contributed by atoms with E-state index in [4.69, 9.17) is 17.4 Å². The molecule has 2 aromatic rings. The summed E-state index contributed by atoms with van der Waals surface area (Å²) in [6, 6.07) is 5.37. The molecule has 0 aliphatic rings. The molecule has 6 heteroatoms. The van der Waals surface area contributed by atoms with Gasteiger partial charge in [-0.1, -0.05) is 32.4 Å². The first-order chi connectivity index (χ1) is 8.90. The average molecular weight is 278 g/mol. The van der Waals surface area contributed by atoms with Gasteiger partial charge in [0.1, 0.15) is 11.5 Å². The molecule has 2 aromatic heterocycles. The quantitative estimate of drug-likeness (QED) is 0.652. The molecule has 100 valence electrons. The molecule has 2 heterocycles. The Balaban J connectivity index is 2.54. The molecule has 19 heavy (non-hydrogen) atoms. The zero-order valence-electron chi connectivity index (χ0n) is 11.1. The summed E-state index contributed by atoms with van der Waals surface area (Å²) in [5.41, 5.74) is 4.00. The van der Waals surface area contributed by atoms with E-state index in [1.807, 2.05) is 6.07 Å². The van der Waals surface area contributed by atoms with E-state index in [0.717, 1.165) is 5.69 Å². The highest BCUT2D eigenvalue weighted by molar-refractivity contribution is 6.30. The van der Waals surface area contributed by atoms with Gasteiger partial charge in [0, 0.05) is 17.7 Å². The Bertz CT molecular complexity index is 575. The van der Waals surface area contributed by atoms with Gasteiger partial charge in [-0.25, -0.2) is 15.8 Å². The van der Waals surface area contributed by atoms with Crippen molar-refractivity contribution in [1.29, 1.82) is 0 Å². The molecule has 0 aromatic carbocycles. The van der Waals surface area contributed by atoms with Crippen molar-refractivity contribution in [1.82, 2.24) is 15.0 Å². The summed E-state index contributed by atoms with van der Waals surface area (Å²) in [4.78, 5) is 13.1. The van der Waals surface area contributed by atoms with Crippen molar-refractivity contribution in [2.45, 2.75) is 26.2 Å². The fraction of sp³-hybridized carbons (Fsp3) is 0.308. The fourth-order valence-electron chi connectivity index (χ4n) is 1.53. The maximum absolute atomic E-state index is 5.83. The molecule has 0 fully saturated rings. The Morgan fingerprint density at radius 1 is 1.21 bits per heavy atom. The zero-order chi connectivity index (χ0) is 14.0. The summed E-state index contributed by atoms with van der Waals surface area (Å²) < 4.78 is 0. The van der Waals surface area contributed by atoms with Crippen LogP contribution in [0.25, 0.3) is 11.5 Å². The minimum atomic E-state index is -0.101. The number of pyridine rings is 1. The lowest BCUT2D eigenvalue weighted by molar-refractivity contribution is 0.568. The number of hydrogen-bond donors (Lipinski definition) is 2. The van der Waals surface area contributed by atoms with E-state index in [1.54, 1.807) is 18.3 Å². The van der Waals surface area contributed by atoms with E-state index >= 15 is 0 Å². The first kappa shape index (κ1) is 13.7. The molecule has 3 N–H and O–H groups in total. The van der Waals surface area contributed by atoms with Crippen LogP contribution in [0.15, 0.2) is 24.4 Å². The molecule has 5 nitrogen and oxygen atoms in total. The van der Waals surface area contributed by atoms with Crippen LogP contribution in [0.5, 0.6) is 0 Å². The molecule has 0 unspecified atom stereocenters. The van der Waals surface area contributed by atoms with Gasteiger partial charge in [-0.2, -0.15) is 0 Å². The van der Waals surface area contributed by atoms with E-state index in [2.05, 4.69) is 41.1 Å². The second kappa shape index (κ2) is 5.11.